The normalized spacial score (nSPS) is 21.0. The molecule has 6 heteroatoms. The van der Waals surface area contributed by atoms with Crippen molar-refractivity contribution in [3.63, 3.8) is 0 Å². The third kappa shape index (κ3) is 2.66. The predicted molar refractivity (Wildman–Crippen MR) is 72.4 cm³/mol. The van der Waals surface area contributed by atoms with E-state index in [0.29, 0.717) is 10.9 Å². The lowest BCUT2D eigenvalue weighted by molar-refractivity contribution is 0.482. The molecular weight excluding hydrogens is 250 g/mol. The molecule has 1 atom stereocenters. The zero-order valence-corrected chi connectivity index (χ0v) is 11.5. The number of nitrogens with zero attached hydrogens (tertiary/aromatic N) is 1. The molecule has 1 saturated heterocycles. The van der Waals surface area contributed by atoms with Gasteiger partial charge in [0.2, 0.25) is 10.0 Å². The van der Waals surface area contributed by atoms with E-state index in [9.17, 15) is 8.42 Å². The fourth-order valence-electron chi connectivity index (χ4n) is 2.21. The van der Waals surface area contributed by atoms with Gasteiger partial charge >= 0.3 is 0 Å². The van der Waals surface area contributed by atoms with E-state index >= 15 is 0 Å². The summed E-state index contributed by atoms with van der Waals surface area (Å²) in [7, 11) is -1.97. The monoisotopic (exact) mass is 269 g/mol. The van der Waals surface area contributed by atoms with Crippen LogP contribution in [0.1, 0.15) is 6.92 Å². The first-order valence-corrected chi connectivity index (χ1v) is 7.54. The lowest BCUT2D eigenvalue weighted by Crippen LogP contribution is -2.49. The Morgan fingerprint density at radius 2 is 2.11 bits per heavy atom. The van der Waals surface area contributed by atoms with Crippen LogP contribution >= 0.6 is 0 Å². The van der Waals surface area contributed by atoms with Gasteiger partial charge in [-0.2, -0.15) is 0 Å². The standard InChI is InChI=1S/C12H19N3O2S/c1-10-9-15(8-7-14-10)11-5-3-4-6-12(11)18(16,17)13-2/h3-6,10,13-14H,7-9H2,1-2H3. The molecule has 1 fully saturated rings. The van der Waals surface area contributed by atoms with Crippen LogP contribution in [0.5, 0.6) is 0 Å². The average molecular weight is 269 g/mol. The minimum Gasteiger partial charge on any atom is -0.368 e. The van der Waals surface area contributed by atoms with Crippen molar-refractivity contribution in [2.45, 2.75) is 17.9 Å². The summed E-state index contributed by atoms with van der Waals surface area (Å²) in [4.78, 5) is 2.47. The van der Waals surface area contributed by atoms with E-state index in [1.807, 2.05) is 12.1 Å². The number of para-hydroxylation sites is 1. The zero-order valence-electron chi connectivity index (χ0n) is 10.7. The Balaban J connectivity index is 2.39. The molecular formula is C12H19N3O2S. The topological polar surface area (TPSA) is 61.4 Å². The van der Waals surface area contributed by atoms with E-state index < -0.39 is 10.0 Å². The molecule has 18 heavy (non-hydrogen) atoms. The highest BCUT2D eigenvalue weighted by Gasteiger charge is 2.23. The van der Waals surface area contributed by atoms with Crippen molar-refractivity contribution in [2.75, 3.05) is 31.6 Å². The molecule has 0 spiro atoms. The molecule has 1 aromatic rings. The molecule has 2 rings (SSSR count). The smallest absolute Gasteiger partial charge is 0.242 e. The second-order valence-corrected chi connectivity index (χ2v) is 6.33. The van der Waals surface area contributed by atoms with E-state index in [1.165, 1.54) is 7.05 Å². The van der Waals surface area contributed by atoms with E-state index in [0.717, 1.165) is 25.3 Å². The van der Waals surface area contributed by atoms with Gasteiger partial charge in [0.05, 0.1) is 5.69 Å². The molecule has 1 aromatic carbocycles. The molecule has 0 aliphatic carbocycles. The van der Waals surface area contributed by atoms with Crippen LogP contribution in [-0.2, 0) is 10.0 Å². The van der Waals surface area contributed by atoms with Gasteiger partial charge < -0.3 is 10.2 Å². The maximum atomic E-state index is 12.0. The van der Waals surface area contributed by atoms with Crippen LogP contribution in [0.15, 0.2) is 29.2 Å². The summed E-state index contributed by atoms with van der Waals surface area (Å²) < 4.78 is 26.4. The Kier molecular flexibility index (Phi) is 3.89. The largest absolute Gasteiger partial charge is 0.368 e. The minimum atomic E-state index is -3.41. The molecule has 5 nitrogen and oxygen atoms in total. The highest BCUT2D eigenvalue weighted by molar-refractivity contribution is 7.89. The lowest BCUT2D eigenvalue weighted by Gasteiger charge is -2.34. The van der Waals surface area contributed by atoms with Gasteiger partial charge in [0.1, 0.15) is 4.90 Å². The van der Waals surface area contributed by atoms with Gasteiger partial charge in [0.15, 0.2) is 0 Å². The second-order valence-electron chi connectivity index (χ2n) is 4.48. The summed E-state index contributed by atoms with van der Waals surface area (Å²) in [5.41, 5.74) is 0.778. The van der Waals surface area contributed by atoms with Crippen LogP contribution < -0.4 is 14.9 Å². The minimum absolute atomic E-state index is 0.349. The van der Waals surface area contributed by atoms with Crippen LogP contribution in [-0.4, -0.2) is 41.1 Å². The van der Waals surface area contributed by atoms with Crippen molar-refractivity contribution in [3.8, 4) is 0 Å². The first-order valence-electron chi connectivity index (χ1n) is 6.05. The van der Waals surface area contributed by atoms with Gasteiger partial charge in [-0.15, -0.1) is 0 Å². The molecule has 0 amide bonds. The Morgan fingerprint density at radius 3 is 2.78 bits per heavy atom. The molecule has 0 saturated carbocycles. The quantitative estimate of drug-likeness (QED) is 0.833. The van der Waals surface area contributed by atoms with Crippen molar-refractivity contribution >= 4 is 15.7 Å². The Hall–Kier alpha value is -1.11. The maximum Gasteiger partial charge on any atom is 0.242 e. The number of rotatable bonds is 3. The molecule has 0 aromatic heterocycles. The third-order valence-corrected chi connectivity index (χ3v) is 4.59. The van der Waals surface area contributed by atoms with Gasteiger partial charge in [-0.25, -0.2) is 13.1 Å². The van der Waals surface area contributed by atoms with Gasteiger partial charge in [-0.1, -0.05) is 12.1 Å². The molecule has 100 valence electrons. The van der Waals surface area contributed by atoms with Crippen LogP contribution in [0.3, 0.4) is 0 Å². The molecule has 1 unspecified atom stereocenters. The first kappa shape index (κ1) is 13.3. The van der Waals surface area contributed by atoms with Crippen molar-refractivity contribution in [1.29, 1.82) is 0 Å². The van der Waals surface area contributed by atoms with Gasteiger partial charge in [0.25, 0.3) is 0 Å². The third-order valence-electron chi connectivity index (χ3n) is 3.13. The van der Waals surface area contributed by atoms with Gasteiger partial charge in [-0.05, 0) is 26.1 Å². The Bertz CT molecular complexity index is 516. The molecule has 0 radical (unpaired) electrons. The number of piperazine rings is 1. The van der Waals surface area contributed by atoms with Crippen LogP contribution in [0.25, 0.3) is 0 Å². The van der Waals surface area contributed by atoms with E-state index in [1.54, 1.807) is 12.1 Å². The molecule has 1 aliphatic heterocycles. The highest BCUT2D eigenvalue weighted by atomic mass is 32.2. The van der Waals surface area contributed by atoms with Gasteiger partial charge in [0, 0.05) is 25.7 Å². The number of hydrogen-bond acceptors (Lipinski definition) is 4. The Morgan fingerprint density at radius 1 is 1.39 bits per heavy atom. The van der Waals surface area contributed by atoms with Crippen molar-refractivity contribution < 1.29 is 8.42 Å². The fraction of sp³-hybridized carbons (Fsp3) is 0.500. The number of anilines is 1. The predicted octanol–water partition coefficient (Wildman–Crippen LogP) is 0.393. The summed E-state index contributed by atoms with van der Waals surface area (Å²) in [6, 6.07) is 7.50. The lowest BCUT2D eigenvalue weighted by atomic mass is 10.2. The molecule has 0 bridgehead atoms. The van der Waals surface area contributed by atoms with Crippen LogP contribution in [0, 0.1) is 0 Å². The summed E-state index contributed by atoms with van der Waals surface area (Å²) in [5.74, 6) is 0. The fourth-order valence-corrected chi connectivity index (χ4v) is 3.16. The summed E-state index contributed by atoms with van der Waals surface area (Å²) in [6.07, 6.45) is 0. The summed E-state index contributed by atoms with van der Waals surface area (Å²) >= 11 is 0. The van der Waals surface area contributed by atoms with Crippen LogP contribution in [0.4, 0.5) is 5.69 Å². The second kappa shape index (κ2) is 5.26. The van der Waals surface area contributed by atoms with Crippen molar-refractivity contribution in [3.05, 3.63) is 24.3 Å². The van der Waals surface area contributed by atoms with Crippen LogP contribution in [0.2, 0.25) is 0 Å². The van der Waals surface area contributed by atoms with Gasteiger partial charge in [-0.3, -0.25) is 0 Å². The number of benzene rings is 1. The van der Waals surface area contributed by atoms with Crippen molar-refractivity contribution in [2.24, 2.45) is 0 Å². The average Bonchev–Trinajstić information content (AvgIpc) is 2.39. The van der Waals surface area contributed by atoms with E-state index in [2.05, 4.69) is 21.9 Å². The highest BCUT2D eigenvalue weighted by Crippen LogP contribution is 2.25. The molecule has 2 N–H and O–H groups in total. The summed E-state index contributed by atoms with van der Waals surface area (Å²) in [5, 5.41) is 3.35. The number of hydrogen-bond donors (Lipinski definition) is 2. The first-order chi connectivity index (χ1) is 8.54. The van der Waals surface area contributed by atoms with Crippen molar-refractivity contribution in [1.82, 2.24) is 10.0 Å². The summed E-state index contributed by atoms with van der Waals surface area (Å²) in [6.45, 7) is 4.60. The molecule has 1 aliphatic rings. The maximum absolute atomic E-state index is 12.0. The van der Waals surface area contributed by atoms with E-state index in [-0.39, 0.29) is 0 Å². The van der Waals surface area contributed by atoms with E-state index in [4.69, 9.17) is 0 Å². The number of sulfonamides is 1. The zero-order chi connectivity index (χ0) is 13.2. The SMILES string of the molecule is CNS(=O)(=O)c1ccccc1N1CCNC(C)C1. The number of nitrogens with one attached hydrogen (secondary N) is 2. The Labute approximate surface area is 108 Å². The molecule has 1 heterocycles.